The summed E-state index contributed by atoms with van der Waals surface area (Å²) in [6, 6.07) is 10.3. The summed E-state index contributed by atoms with van der Waals surface area (Å²) < 4.78 is -0.0126. The summed E-state index contributed by atoms with van der Waals surface area (Å²) in [6.07, 6.45) is 0.250. The van der Waals surface area contributed by atoms with Gasteiger partial charge in [-0.3, -0.25) is 0 Å². The molecule has 0 spiro atoms. The van der Waals surface area contributed by atoms with Crippen molar-refractivity contribution in [2.45, 2.75) is 18.6 Å². The zero-order chi connectivity index (χ0) is 10.3. The van der Waals surface area contributed by atoms with E-state index in [1.54, 1.807) is 0 Å². The van der Waals surface area contributed by atoms with Gasteiger partial charge in [0.1, 0.15) is 0 Å². The normalized spacial score (nSPS) is 9.46. The van der Waals surface area contributed by atoms with Gasteiger partial charge in [-0.15, -0.1) is 0 Å². The van der Waals surface area contributed by atoms with Gasteiger partial charge in [-0.2, -0.15) is 22.2 Å². The molecule has 0 N–H and O–H groups in total. The van der Waals surface area contributed by atoms with Crippen LogP contribution in [-0.4, -0.2) is 6.15 Å². The summed E-state index contributed by atoms with van der Waals surface area (Å²) in [6.45, 7) is 4.18. The molecule has 0 aliphatic rings. The average molecular weight is 196 g/mol. The van der Waals surface area contributed by atoms with Gasteiger partial charge >= 0.3 is 6.15 Å². The third kappa shape index (κ3) is 5.23. The Kier molecular flexibility index (Phi) is 5.12. The highest BCUT2D eigenvalue weighted by molar-refractivity contribution is 7.81. The van der Waals surface area contributed by atoms with E-state index in [1.165, 1.54) is 5.56 Å². The van der Waals surface area contributed by atoms with Crippen LogP contribution >= 0.6 is 12.6 Å². The molecule has 0 unspecified atom stereocenters. The summed E-state index contributed by atoms with van der Waals surface area (Å²) >= 11 is 4.44. The van der Waals surface area contributed by atoms with E-state index in [9.17, 15) is 0 Å². The SMILES string of the molecule is CC(C)(S)c1ccccc1.O=C=O. The molecule has 0 fully saturated rings. The first-order chi connectivity index (χ1) is 6.02. The van der Waals surface area contributed by atoms with Gasteiger partial charge in [0.05, 0.1) is 0 Å². The van der Waals surface area contributed by atoms with Gasteiger partial charge in [0.25, 0.3) is 0 Å². The minimum absolute atomic E-state index is 0.0126. The highest BCUT2D eigenvalue weighted by Crippen LogP contribution is 2.25. The van der Waals surface area contributed by atoms with Crippen LogP contribution < -0.4 is 0 Å². The summed E-state index contributed by atoms with van der Waals surface area (Å²) in [5, 5.41) is 0. The molecular formula is C10H12O2S. The highest BCUT2D eigenvalue weighted by atomic mass is 32.1. The number of thiol groups is 1. The number of rotatable bonds is 1. The van der Waals surface area contributed by atoms with Crippen molar-refractivity contribution in [1.82, 2.24) is 0 Å². The fourth-order valence-corrected chi connectivity index (χ4v) is 0.995. The van der Waals surface area contributed by atoms with Crippen molar-refractivity contribution < 1.29 is 9.59 Å². The molecule has 0 aliphatic heterocycles. The predicted octanol–water partition coefficient (Wildman–Crippen LogP) is 2.27. The Morgan fingerprint density at radius 1 is 1.15 bits per heavy atom. The maximum atomic E-state index is 8.12. The molecule has 1 aromatic carbocycles. The van der Waals surface area contributed by atoms with Crippen molar-refractivity contribution in [3.8, 4) is 0 Å². The lowest BCUT2D eigenvalue weighted by Crippen LogP contribution is -2.06. The maximum absolute atomic E-state index is 8.12. The monoisotopic (exact) mass is 196 g/mol. The van der Waals surface area contributed by atoms with Gasteiger partial charge in [0.15, 0.2) is 0 Å². The van der Waals surface area contributed by atoms with Crippen LogP contribution in [-0.2, 0) is 14.3 Å². The van der Waals surface area contributed by atoms with Crippen molar-refractivity contribution in [2.24, 2.45) is 0 Å². The molecule has 0 atom stereocenters. The molecule has 3 heteroatoms. The Bertz CT molecular complexity index is 269. The maximum Gasteiger partial charge on any atom is 0.373 e. The predicted molar refractivity (Wildman–Crippen MR) is 53.5 cm³/mol. The van der Waals surface area contributed by atoms with Crippen LogP contribution in [0.25, 0.3) is 0 Å². The van der Waals surface area contributed by atoms with Crippen LogP contribution in [0.4, 0.5) is 0 Å². The van der Waals surface area contributed by atoms with Crippen LogP contribution in [0.1, 0.15) is 19.4 Å². The molecular weight excluding hydrogens is 184 g/mol. The Morgan fingerprint density at radius 2 is 1.54 bits per heavy atom. The first kappa shape index (κ1) is 11.9. The molecule has 0 amide bonds. The lowest BCUT2D eigenvalue weighted by atomic mass is 10.0. The molecule has 1 rings (SSSR count). The van der Waals surface area contributed by atoms with E-state index in [0.29, 0.717) is 0 Å². The highest BCUT2D eigenvalue weighted by Gasteiger charge is 2.12. The quantitative estimate of drug-likeness (QED) is 0.699. The van der Waals surface area contributed by atoms with Crippen molar-refractivity contribution >= 4 is 18.8 Å². The van der Waals surface area contributed by atoms with E-state index in [1.807, 2.05) is 18.2 Å². The Balaban J connectivity index is 0.000000424. The second kappa shape index (κ2) is 5.57. The van der Waals surface area contributed by atoms with Crippen molar-refractivity contribution in [3.63, 3.8) is 0 Å². The molecule has 2 nitrogen and oxygen atoms in total. The van der Waals surface area contributed by atoms with Crippen molar-refractivity contribution in [1.29, 1.82) is 0 Å². The van der Waals surface area contributed by atoms with E-state index >= 15 is 0 Å². The lowest BCUT2D eigenvalue weighted by Gasteiger charge is -2.16. The van der Waals surface area contributed by atoms with Crippen LogP contribution in [0, 0.1) is 0 Å². The van der Waals surface area contributed by atoms with Gasteiger partial charge < -0.3 is 0 Å². The summed E-state index contributed by atoms with van der Waals surface area (Å²) in [5.74, 6) is 0. The molecule has 0 radical (unpaired) electrons. The molecule has 13 heavy (non-hydrogen) atoms. The Labute approximate surface area is 83.4 Å². The molecule has 0 bridgehead atoms. The van der Waals surface area contributed by atoms with E-state index in [-0.39, 0.29) is 10.9 Å². The van der Waals surface area contributed by atoms with Crippen LogP contribution in [0.15, 0.2) is 30.3 Å². The Morgan fingerprint density at radius 3 is 1.77 bits per heavy atom. The van der Waals surface area contributed by atoms with Gasteiger partial charge in [-0.05, 0) is 19.4 Å². The van der Waals surface area contributed by atoms with E-state index in [0.717, 1.165) is 0 Å². The van der Waals surface area contributed by atoms with Crippen molar-refractivity contribution in [3.05, 3.63) is 35.9 Å². The first-order valence-electron chi connectivity index (χ1n) is 3.79. The summed E-state index contributed by atoms with van der Waals surface area (Å²) in [4.78, 5) is 16.2. The number of benzene rings is 1. The molecule has 0 heterocycles. The van der Waals surface area contributed by atoms with Crippen molar-refractivity contribution in [2.75, 3.05) is 0 Å². The number of hydrogen-bond acceptors (Lipinski definition) is 3. The second-order valence-electron chi connectivity index (χ2n) is 3.01. The first-order valence-corrected chi connectivity index (χ1v) is 4.24. The molecule has 70 valence electrons. The van der Waals surface area contributed by atoms with Gasteiger partial charge in [0.2, 0.25) is 0 Å². The average Bonchev–Trinajstić information content (AvgIpc) is 2.06. The fraction of sp³-hybridized carbons (Fsp3) is 0.300. The largest absolute Gasteiger partial charge is 0.373 e. The third-order valence-corrected chi connectivity index (χ3v) is 1.74. The van der Waals surface area contributed by atoms with Crippen LogP contribution in [0.3, 0.4) is 0 Å². The minimum atomic E-state index is -0.0126. The van der Waals surface area contributed by atoms with Gasteiger partial charge in [-0.1, -0.05) is 30.3 Å². The topological polar surface area (TPSA) is 34.1 Å². The van der Waals surface area contributed by atoms with Crippen LogP contribution in [0.2, 0.25) is 0 Å². The molecule has 1 aromatic rings. The summed E-state index contributed by atoms with van der Waals surface area (Å²) in [5.41, 5.74) is 1.26. The number of hydrogen-bond donors (Lipinski definition) is 1. The van der Waals surface area contributed by atoms with Crippen LogP contribution in [0.5, 0.6) is 0 Å². The Hall–Kier alpha value is -1.05. The molecule has 0 aromatic heterocycles. The van der Waals surface area contributed by atoms with E-state index in [2.05, 4.69) is 38.6 Å². The van der Waals surface area contributed by atoms with E-state index < -0.39 is 0 Å². The standard InChI is InChI=1S/C9H12S.CO2/c1-9(2,10)8-6-4-3-5-7-8;2-1-3/h3-7,10H,1-2H3;. The molecule has 0 aliphatic carbocycles. The number of carbonyl (C=O) groups excluding carboxylic acids is 2. The minimum Gasteiger partial charge on any atom is -0.186 e. The van der Waals surface area contributed by atoms with Gasteiger partial charge in [0, 0.05) is 4.75 Å². The molecule has 0 saturated heterocycles. The summed E-state index contributed by atoms with van der Waals surface area (Å²) in [7, 11) is 0. The zero-order valence-corrected chi connectivity index (χ0v) is 8.54. The zero-order valence-electron chi connectivity index (χ0n) is 7.65. The fourth-order valence-electron chi connectivity index (χ4n) is 0.846. The second-order valence-corrected chi connectivity index (χ2v) is 4.13. The lowest BCUT2D eigenvalue weighted by molar-refractivity contribution is -0.191. The smallest absolute Gasteiger partial charge is 0.186 e. The third-order valence-electron chi connectivity index (χ3n) is 1.48. The van der Waals surface area contributed by atoms with Gasteiger partial charge in [-0.25, -0.2) is 0 Å². The van der Waals surface area contributed by atoms with E-state index in [4.69, 9.17) is 9.59 Å². The molecule has 0 saturated carbocycles.